The maximum absolute atomic E-state index is 13.9. The number of amides is 2. The number of hydrogen-bond acceptors (Lipinski definition) is 3. The molecule has 4 nitrogen and oxygen atoms in total. The van der Waals surface area contributed by atoms with Crippen LogP contribution in [0.3, 0.4) is 0 Å². The Kier molecular flexibility index (Phi) is 4.82. The van der Waals surface area contributed by atoms with Crippen LogP contribution in [0.15, 0.2) is 72.8 Å². The minimum atomic E-state index is -1.07. The first-order valence-corrected chi connectivity index (χ1v) is 11.2. The van der Waals surface area contributed by atoms with Gasteiger partial charge in [-0.25, -0.2) is 4.39 Å². The molecule has 2 aliphatic rings. The average molecular weight is 433 g/mol. The third kappa shape index (κ3) is 3.13. The van der Waals surface area contributed by atoms with Crippen molar-refractivity contribution in [1.82, 2.24) is 4.90 Å². The summed E-state index contributed by atoms with van der Waals surface area (Å²) in [6, 6.07) is 21.3. The molecular weight excluding hydrogens is 411 g/mol. The van der Waals surface area contributed by atoms with E-state index in [0.717, 1.165) is 22.4 Å². The number of benzene rings is 3. The van der Waals surface area contributed by atoms with E-state index in [0.29, 0.717) is 24.4 Å². The number of thioether (sulfide) groups is 1. The smallest absolute Gasteiger partial charge is 0.268 e. The van der Waals surface area contributed by atoms with Gasteiger partial charge in [-0.2, -0.15) is 0 Å². The first-order chi connectivity index (χ1) is 15.0. The van der Waals surface area contributed by atoms with Crippen molar-refractivity contribution in [2.75, 3.05) is 17.2 Å². The second kappa shape index (κ2) is 7.54. The number of rotatable bonds is 3. The third-order valence-corrected chi connectivity index (χ3v) is 7.32. The van der Waals surface area contributed by atoms with Crippen molar-refractivity contribution >= 4 is 29.3 Å². The highest BCUT2D eigenvalue weighted by molar-refractivity contribution is 8.01. The summed E-state index contributed by atoms with van der Waals surface area (Å²) in [5, 5.41) is 0. The van der Waals surface area contributed by atoms with Gasteiger partial charge >= 0.3 is 0 Å². The fraction of sp³-hybridized carbons (Fsp3) is 0.200. The van der Waals surface area contributed by atoms with E-state index in [9.17, 15) is 14.0 Å². The molecule has 0 radical (unpaired) electrons. The van der Waals surface area contributed by atoms with Gasteiger partial charge in [-0.3, -0.25) is 9.59 Å². The maximum atomic E-state index is 13.9. The molecule has 6 heteroatoms. The van der Waals surface area contributed by atoms with Crippen LogP contribution in [0.5, 0.6) is 0 Å². The molecule has 0 saturated carbocycles. The number of halogens is 1. The van der Waals surface area contributed by atoms with Crippen LogP contribution in [0.2, 0.25) is 0 Å². The third-order valence-electron chi connectivity index (χ3n) is 5.90. The largest absolute Gasteiger partial charge is 0.311 e. The van der Waals surface area contributed by atoms with E-state index in [1.807, 2.05) is 55.5 Å². The number of carbonyl (C=O) groups is 2. The highest BCUT2D eigenvalue weighted by atomic mass is 32.2. The van der Waals surface area contributed by atoms with Gasteiger partial charge in [-0.15, -0.1) is 11.8 Å². The van der Waals surface area contributed by atoms with Crippen molar-refractivity contribution in [2.24, 2.45) is 0 Å². The Morgan fingerprint density at radius 3 is 2.48 bits per heavy atom. The first kappa shape index (κ1) is 19.8. The van der Waals surface area contributed by atoms with E-state index in [4.69, 9.17) is 0 Å². The van der Waals surface area contributed by atoms with Crippen molar-refractivity contribution in [3.63, 3.8) is 0 Å². The molecule has 1 atom stereocenters. The molecule has 3 aromatic carbocycles. The van der Waals surface area contributed by atoms with Crippen molar-refractivity contribution in [2.45, 2.75) is 18.3 Å². The maximum Gasteiger partial charge on any atom is 0.268 e. The Morgan fingerprint density at radius 2 is 1.74 bits per heavy atom. The monoisotopic (exact) mass is 432 g/mol. The summed E-state index contributed by atoms with van der Waals surface area (Å²) in [5.41, 5.74) is 4.13. The molecule has 2 amide bonds. The zero-order valence-corrected chi connectivity index (χ0v) is 17.9. The molecule has 5 rings (SSSR count). The van der Waals surface area contributed by atoms with E-state index < -0.39 is 4.87 Å². The number of carbonyl (C=O) groups excluding carboxylic acids is 2. The van der Waals surface area contributed by atoms with Gasteiger partial charge in [0.1, 0.15) is 5.82 Å². The molecule has 1 spiro atoms. The lowest BCUT2D eigenvalue weighted by Gasteiger charge is -2.33. The molecule has 0 bridgehead atoms. The normalized spacial score (nSPS) is 19.9. The molecule has 2 aliphatic heterocycles. The lowest BCUT2D eigenvalue weighted by molar-refractivity contribution is -0.123. The summed E-state index contributed by atoms with van der Waals surface area (Å²) in [7, 11) is 0. The van der Waals surface area contributed by atoms with Crippen LogP contribution in [-0.2, 0) is 16.2 Å². The van der Waals surface area contributed by atoms with Gasteiger partial charge in [-0.05, 0) is 42.8 Å². The minimum Gasteiger partial charge on any atom is -0.311 e. The Morgan fingerprint density at radius 1 is 1.03 bits per heavy atom. The molecule has 0 aliphatic carbocycles. The molecule has 0 N–H and O–H groups in total. The fourth-order valence-electron chi connectivity index (χ4n) is 4.35. The van der Waals surface area contributed by atoms with Crippen molar-refractivity contribution in [3.05, 3.63) is 101 Å². The second-order valence-electron chi connectivity index (χ2n) is 7.85. The van der Waals surface area contributed by atoms with Crippen molar-refractivity contribution in [1.29, 1.82) is 0 Å². The average Bonchev–Trinajstić information content (AvgIpc) is 3.33. The minimum absolute atomic E-state index is 0.124. The van der Waals surface area contributed by atoms with E-state index in [2.05, 4.69) is 0 Å². The summed E-state index contributed by atoms with van der Waals surface area (Å²) in [4.78, 5) is 29.7. The lowest BCUT2D eigenvalue weighted by atomic mass is 10.0. The zero-order valence-electron chi connectivity index (χ0n) is 17.0. The van der Waals surface area contributed by atoms with Crippen LogP contribution in [0.25, 0.3) is 0 Å². The summed E-state index contributed by atoms with van der Waals surface area (Å²) >= 11 is 1.51. The van der Waals surface area contributed by atoms with E-state index in [1.54, 1.807) is 21.9 Å². The predicted octanol–water partition coefficient (Wildman–Crippen LogP) is 4.72. The summed E-state index contributed by atoms with van der Waals surface area (Å²) in [6.07, 6.45) is 0. The predicted molar refractivity (Wildman–Crippen MR) is 120 cm³/mol. The molecule has 0 aromatic heterocycles. The highest BCUT2D eigenvalue weighted by Crippen LogP contribution is 2.54. The Bertz CT molecular complexity index is 1160. The van der Waals surface area contributed by atoms with Gasteiger partial charge in [0.25, 0.3) is 11.8 Å². The number of anilines is 1. The number of aryl methyl sites for hydroxylation is 1. The van der Waals surface area contributed by atoms with Crippen LogP contribution < -0.4 is 4.90 Å². The summed E-state index contributed by atoms with van der Waals surface area (Å²) in [6.45, 7) is 2.80. The summed E-state index contributed by atoms with van der Waals surface area (Å²) < 4.78 is 13.4. The topological polar surface area (TPSA) is 40.6 Å². The number of para-hydroxylation sites is 1. The van der Waals surface area contributed by atoms with Crippen LogP contribution in [0.4, 0.5) is 10.1 Å². The van der Waals surface area contributed by atoms with Gasteiger partial charge in [-0.1, -0.05) is 48.0 Å². The number of hydrogen-bond donors (Lipinski definition) is 0. The number of fused-ring (bicyclic) bond motifs is 2. The van der Waals surface area contributed by atoms with E-state index in [1.165, 1.54) is 23.9 Å². The summed E-state index contributed by atoms with van der Waals surface area (Å²) in [5.74, 6) is 0.106. The molecule has 1 fully saturated rings. The SMILES string of the molecule is Cc1ccc(C(=O)N2CCS[C@]23C(=O)N(Cc2ccc(F)cc2)c2ccccc23)cc1. The van der Waals surface area contributed by atoms with Crippen LogP contribution in [0.1, 0.15) is 27.0 Å². The van der Waals surface area contributed by atoms with Crippen molar-refractivity contribution < 1.29 is 14.0 Å². The molecule has 156 valence electrons. The fourth-order valence-corrected chi connectivity index (χ4v) is 5.81. The van der Waals surface area contributed by atoms with Crippen molar-refractivity contribution in [3.8, 4) is 0 Å². The van der Waals surface area contributed by atoms with Gasteiger partial charge in [0, 0.05) is 23.4 Å². The van der Waals surface area contributed by atoms with Gasteiger partial charge in [0.15, 0.2) is 4.87 Å². The Hall–Kier alpha value is -3.12. The lowest BCUT2D eigenvalue weighted by Crippen LogP contribution is -2.50. The Balaban J connectivity index is 1.56. The van der Waals surface area contributed by atoms with E-state index in [-0.39, 0.29) is 17.6 Å². The van der Waals surface area contributed by atoms with Crippen LogP contribution in [0, 0.1) is 12.7 Å². The highest BCUT2D eigenvalue weighted by Gasteiger charge is 2.59. The second-order valence-corrected chi connectivity index (χ2v) is 9.14. The standard InChI is InChI=1S/C25H21FN2O2S/c1-17-6-10-19(11-7-17)23(29)28-14-15-31-25(28)21-4-2-3-5-22(21)27(24(25)30)16-18-8-12-20(26)13-9-18/h2-13H,14-16H2,1H3/t25-/m1/s1. The molecule has 1 saturated heterocycles. The number of nitrogens with zero attached hydrogens (tertiary/aromatic N) is 2. The molecular formula is C25H21FN2O2S. The molecule has 2 heterocycles. The molecule has 3 aromatic rings. The quantitative estimate of drug-likeness (QED) is 0.601. The molecule has 31 heavy (non-hydrogen) atoms. The van der Waals surface area contributed by atoms with Gasteiger partial charge < -0.3 is 9.80 Å². The van der Waals surface area contributed by atoms with E-state index >= 15 is 0 Å². The van der Waals surface area contributed by atoms with Crippen LogP contribution in [-0.4, -0.2) is 29.0 Å². The van der Waals surface area contributed by atoms with Gasteiger partial charge in [0.2, 0.25) is 0 Å². The molecule has 0 unspecified atom stereocenters. The first-order valence-electron chi connectivity index (χ1n) is 10.2. The van der Waals surface area contributed by atoms with Crippen LogP contribution >= 0.6 is 11.8 Å². The van der Waals surface area contributed by atoms with Gasteiger partial charge in [0.05, 0.1) is 12.2 Å². The zero-order chi connectivity index (χ0) is 21.6. The Labute approximate surface area is 184 Å².